The van der Waals surface area contributed by atoms with E-state index in [2.05, 4.69) is 5.32 Å². The van der Waals surface area contributed by atoms with Crippen molar-refractivity contribution in [2.45, 2.75) is 32.6 Å². The largest absolute Gasteiger partial charge is 0.496 e. The molecule has 28 heavy (non-hydrogen) atoms. The van der Waals surface area contributed by atoms with Gasteiger partial charge in [-0.2, -0.15) is 0 Å². The Morgan fingerprint density at radius 1 is 1.07 bits per heavy atom. The number of nitrogens with one attached hydrogen (secondary N) is 1. The summed E-state index contributed by atoms with van der Waals surface area (Å²) in [6, 6.07) is 11.1. The van der Waals surface area contributed by atoms with Gasteiger partial charge >= 0.3 is 0 Å². The van der Waals surface area contributed by atoms with Gasteiger partial charge in [0.05, 0.1) is 26.0 Å². The zero-order valence-corrected chi connectivity index (χ0v) is 17.8. The van der Waals surface area contributed by atoms with Crippen LogP contribution in [0.15, 0.2) is 36.4 Å². The second kappa shape index (κ2) is 10.2. The number of carbonyl (C=O) groups excluding carboxylic acids is 2. The van der Waals surface area contributed by atoms with Crippen LogP contribution in [0.4, 0.5) is 0 Å². The van der Waals surface area contributed by atoms with Crippen molar-refractivity contribution < 1.29 is 19.1 Å². The quantitative estimate of drug-likeness (QED) is 0.634. The maximum absolute atomic E-state index is 12.4. The van der Waals surface area contributed by atoms with Crippen molar-refractivity contribution in [2.24, 2.45) is 0 Å². The van der Waals surface area contributed by atoms with E-state index in [0.29, 0.717) is 17.1 Å². The average Bonchev–Trinajstić information content (AvgIpc) is 2.67. The topological polar surface area (TPSA) is 64.6 Å². The number of ketones is 1. The van der Waals surface area contributed by atoms with Crippen LogP contribution in [0.5, 0.6) is 11.5 Å². The fourth-order valence-electron chi connectivity index (χ4n) is 2.92. The molecule has 2 aromatic carbocycles. The molecule has 2 rings (SSSR count). The Bertz CT molecular complexity index is 850. The molecule has 1 N–H and O–H groups in total. The zero-order chi connectivity index (χ0) is 20.7. The van der Waals surface area contributed by atoms with Crippen LogP contribution in [-0.4, -0.2) is 31.7 Å². The van der Waals surface area contributed by atoms with E-state index in [-0.39, 0.29) is 17.7 Å². The summed E-state index contributed by atoms with van der Waals surface area (Å²) in [5, 5.41) is 3.02. The molecule has 0 aromatic heterocycles. The first-order chi connectivity index (χ1) is 13.3. The van der Waals surface area contributed by atoms with E-state index in [9.17, 15) is 9.59 Å². The van der Waals surface area contributed by atoms with Gasteiger partial charge in [0.15, 0.2) is 5.78 Å². The number of methoxy groups -OCH3 is 2. The van der Waals surface area contributed by atoms with Crippen molar-refractivity contribution >= 4 is 23.5 Å². The molecule has 0 saturated carbocycles. The summed E-state index contributed by atoms with van der Waals surface area (Å²) < 4.78 is 10.8. The third-order valence-electron chi connectivity index (χ3n) is 4.41. The number of carbonyl (C=O) groups is 2. The molecule has 0 heterocycles. The standard InChI is InChI=1S/C22H27NO4S/c1-14-6-8-21(27-5)19(10-14)15(2)23-22(25)13-28-12-18-11-17(16(3)24)7-9-20(18)26-4/h6-11,15H,12-13H2,1-5H3,(H,23,25). The van der Waals surface area contributed by atoms with Crippen molar-refractivity contribution in [1.29, 1.82) is 0 Å². The number of benzene rings is 2. The highest BCUT2D eigenvalue weighted by atomic mass is 32.2. The monoisotopic (exact) mass is 401 g/mol. The van der Waals surface area contributed by atoms with E-state index in [1.165, 1.54) is 18.7 Å². The molecule has 0 aliphatic carbocycles. The molecule has 1 unspecified atom stereocenters. The maximum atomic E-state index is 12.4. The molecule has 0 aliphatic rings. The van der Waals surface area contributed by atoms with Crippen molar-refractivity contribution in [1.82, 2.24) is 5.32 Å². The van der Waals surface area contributed by atoms with Gasteiger partial charge in [0.2, 0.25) is 5.91 Å². The molecule has 2 aromatic rings. The van der Waals surface area contributed by atoms with Gasteiger partial charge in [0, 0.05) is 22.4 Å². The Hall–Kier alpha value is -2.47. The van der Waals surface area contributed by atoms with Gasteiger partial charge in [0.25, 0.3) is 0 Å². The molecule has 6 heteroatoms. The number of amides is 1. The van der Waals surface area contributed by atoms with Gasteiger partial charge in [-0.1, -0.05) is 17.7 Å². The second-order valence-electron chi connectivity index (χ2n) is 6.61. The van der Waals surface area contributed by atoms with Gasteiger partial charge in [-0.25, -0.2) is 0 Å². The van der Waals surface area contributed by atoms with Crippen LogP contribution in [-0.2, 0) is 10.5 Å². The zero-order valence-electron chi connectivity index (χ0n) is 17.0. The Morgan fingerprint density at radius 3 is 2.39 bits per heavy atom. The smallest absolute Gasteiger partial charge is 0.230 e. The van der Waals surface area contributed by atoms with Crippen molar-refractivity contribution in [3.63, 3.8) is 0 Å². The number of ether oxygens (including phenoxy) is 2. The second-order valence-corrected chi connectivity index (χ2v) is 7.60. The van der Waals surface area contributed by atoms with E-state index in [1.807, 2.05) is 38.1 Å². The van der Waals surface area contributed by atoms with Crippen molar-refractivity contribution in [3.8, 4) is 11.5 Å². The van der Waals surface area contributed by atoms with Crippen LogP contribution in [0.25, 0.3) is 0 Å². The lowest BCUT2D eigenvalue weighted by Crippen LogP contribution is -2.28. The Kier molecular flexibility index (Phi) is 7.93. The predicted octanol–water partition coefficient (Wildman–Crippen LogP) is 4.33. The molecule has 0 fully saturated rings. The van der Waals surface area contributed by atoms with Crippen LogP contribution in [0.2, 0.25) is 0 Å². The number of hydrogen-bond donors (Lipinski definition) is 1. The molecular weight excluding hydrogens is 374 g/mol. The number of hydrogen-bond acceptors (Lipinski definition) is 5. The summed E-state index contributed by atoms with van der Waals surface area (Å²) in [6.45, 7) is 5.49. The lowest BCUT2D eigenvalue weighted by atomic mass is 10.0. The Morgan fingerprint density at radius 2 is 1.75 bits per heavy atom. The first kappa shape index (κ1) is 21.8. The number of Topliss-reactive ketones (excluding diaryl/α,β-unsaturated/α-hetero) is 1. The molecule has 0 bridgehead atoms. The normalized spacial score (nSPS) is 11.6. The molecule has 1 atom stereocenters. The minimum absolute atomic E-state index is 0.00701. The Labute approximate surface area is 170 Å². The van der Waals surface area contributed by atoms with E-state index in [1.54, 1.807) is 26.4 Å². The summed E-state index contributed by atoms with van der Waals surface area (Å²) in [5.74, 6) is 2.33. The molecule has 0 radical (unpaired) electrons. The summed E-state index contributed by atoms with van der Waals surface area (Å²) in [5.41, 5.74) is 3.61. The third kappa shape index (κ3) is 5.76. The summed E-state index contributed by atoms with van der Waals surface area (Å²) in [7, 11) is 3.22. The van der Waals surface area contributed by atoms with Crippen molar-refractivity contribution in [2.75, 3.05) is 20.0 Å². The van der Waals surface area contributed by atoms with Crippen molar-refractivity contribution in [3.05, 3.63) is 58.7 Å². The minimum atomic E-state index is -0.154. The number of rotatable bonds is 9. The molecule has 0 saturated heterocycles. The minimum Gasteiger partial charge on any atom is -0.496 e. The maximum Gasteiger partial charge on any atom is 0.230 e. The van der Waals surface area contributed by atoms with Crippen LogP contribution < -0.4 is 14.8 Å². The Balaban J connectivity index is 1.95. The highest BCUT2D eigenvalue weighted by Crippen LogP contribution is 2.27. The summed E-state index contributed by atoms with van der Waals surface area (Å²) in [4.78, 5) is 24.0. The molecule has 0 aliphatic heterocycles. The van der Waals surface area contributed by atoms with Gasteiger partial charge in [0.1, 0.15) is 11.5 Å². The number of aryl methyl sites for hydroxylation is 1. The fourth-order valence-corrected chi connectivity index (χ4v) is 3.73. The third-order valence-corrected chi connectivity index (χ3v) is 5.39. The highest BCUT2D eigenvalue weighted by Gasteiger charge is 2.15. The van der Waals surface area contributed by atoms with Gasteiger partial charge in [-0.15, -0.1) is 11.8 Å². The van der Waals surface area contributed by atoms with E-state index in [0.717, 1.165) is 28.2 Å². The van der Waals surface area contributed by atoms with Crippen LogP contribution in [0.1, 0.15) is 46.9 Å². The van der Waals surface area contributed by atoms with Gasteiger partial charge < -0.3 is 14.8 Å². The number of thioether (sulfide) groups is 1. The van der Waals surface area contributed by atoms with Gasteiger partial charge in [-0.3, -0.25) is 9.59 Å². The van der Waals surface area contributed by atoms with E-state index >= 15 is 0 Å². The highest BCUT2D eigenvalue weighted by molar-refractivity contribution is 7.99. The van der Waals surface area contributed by atoms with E-state index in [4.69, 9.17) is 9.47 Å². The van der Waals surface area contributed by atoms with Crippen LogP contribution in [0.3, 0.4) is 0 Å². The molecule has 150 valence electrons. The summed E-state index contributed by atoms with van der Waals surface area (Å²) in [6.07, 6.45) is 0. The SMILES string of the molecule is COc1ccc(C(C)=O)cc1CSCC(=O)NC(C)c1cc(C)ccc1OC. The molecule has 0 spiro atoms. The molecule has 5 nitrogen and oxygen atoms in total. The molecular formula is C22H27NO4S. The lowest BCUT2D eigenvalue weighted by Gasteiger charge is -2.18. The first-order valence-corrected chi connectivity index (χ1v) is 10.2. The van der Waals surface area contributed by atoms with E-state index < -0.39 is 0 Å². The summed E-state index contributed by atoms with van der Waals surface area (Å²) >= 11 is 1.48. The fraction of sp³-hybridized carbons (Fsp3) is 0.364. The first-order valence-electron chi connectivity index (χ1n) is 9.05. The van der Waals surface area contributed by atoms with Gasteiger partial charge in [-0.05, 0) is 45.0 Å². The predicted molar refractivity (Wildman–Crippen MR) is 113 cm³/mol. The van der Waals surface area contributed by atoms with Crippen LogP contribution in [0, 0.1) is 6.92 Å². The molecule has 1 amide bonds. The van der Waals surface area contributed by atoms with Crippen LogP contribution >= 0.6 is 11.8 Å². The lowest BCUT2D eigenvalue weighted by molar-refractivity contribution is -0.119. The average molecular weight is 402 g/mol.